The number of dihydropyridines is 1. The van der Waals surface area contributed by atoms with Crippen molar-refractivity contribution in [1.82, 2.24) is 19.6 Å². The zero-order valence-corrected chi connectivity index (χ0v) is 21.9. The van der Waals surface area contributed by atoms with Gasteiger partial charge in [0.25, 0.3) is 6.43 Å². The van der Waals surface area contributed by atoms with Gasteiger partial charge >= 0.3 is 0 Å². The lowest BCUT2D eigenvalue weighted by Crippen LogP contribution is -2.68. The van der Waals surface area contributed by atoms with Crippen molar-refractivity contribution in [2.75, 3.05) is 52.4 Å². The maximum absolute atomic E-state index is 14.3. The lowest BCUT2D eigenvalue weighted by molar-refractivity contribution is -0.129. The molecule has 4 fully saturated rings. The summed E-state index contributed by atoms with van der Waals surface area (Å²) >= 11 is 0. The average Bonchev–Trinajstić information content (AvgIpc) is 3.05. The number of hydrogen-bond acceptors (Lipinski definition) is 6. The van der Waals surface area contributed by atoms with Gasteiger partial charge in [0.1, 0.15) is 11.9 Å². The lowest BCUT2D eigenvalue weighted by Gasteiger charge is -2.56. The molecule has 1 spiro atoms. The van der Waals surface area contributed by atoms with Crippen LogP contribution in [0.2, 0.25) is 0 Å². The van der Waals surface area contributed by atoms with Crippen LogP contribution in [0.15, 0.2) is 28.9 Å². The van der Waals surface area contributed by atoms with Crippen LogP contribution in [0.25, 0.3) is 0 Å². The van der Waals surface area contributed by atoms with Crippen molar-refractivity contribution in [2.24, 2.45) is 4.99 Å². The highest BCUT2D eigenvalue weighted by Gasteiger charge is 2.48. The Kier molecular flexibility index (Phi) is 7.14. The molecule has 0 bridgehead atoms. The van der Waals surface area contributed by atoms with E-state index in [2.05, 4.69) is 21.3 Å². The van der Waals surface area contributed by atoms with Crippen molar-refractivity contribution >= 4 is 11.6 Å². The van der Waals surface area contributed by atoms with E-state index in [-0.39, 0.29) is 23.4 Å². The number of allylic oxidation sites excluding steroid dienone is 1. The zero-order valence-electron chi connectivity index (χ0n) is 21.9. The number of piperidine rings is 1. The van der Waals surface area contributed by atoms with E-state index in [1.807, 2.05) is 4.90 Å². The van der Waals surface area contributed by atoms with Gasteiger partial charge in [-0.2, -0.15) is 0 Å². The van der Waals surface area contributed by atoms with E-state index in [9.17, 15) is 13.6 Å². The summed E-state index contributed by atoms with van der Waals surface area (Å²) in [7, 11) is 0. The first-order valence-corrected chi connectivity index (χ1v) is 14.4. The van der Waals surface area contributed by atoms with Crippen molar-refractivity contribution in [3.63, 3.8) is 0 Å². The molecule has 6 aliphatic heterocycles. The third-order valence-electron chi connectivity index (χ3n) is 9.87. The predicted molar refractivity (Wildman–Crippen MR) is 139 cm³/mol. The molecule has 7 nitrogen and oxygen atoms in total. The second-order valence-electron chi connectivity index (χ2n) is 11.7. The van der Waals surface area contributed by atoms with Crippen LogP contribution in [-0.4, -0.2) is 114 Å². The monoisotopic (exact) mass is 517 g/mol. The summed E-state index contributed by atoms with van der Waals surface area (Å²) < 4.78 is 34.9. The highest BCUT2D eigenvalue weighted by atomic mass is 19.3. The van der Waals surface area contributed by atoms with Gasteiger partial charge < -0.3 is 14.5 Å². The molecular weight excluding hydrogens is 476 g/mol. The van der Waals surface area contributed by atoms with E-state index in [0.29, 0.717) is 18.5 Å². The third-order valence-corrected chi connectivity index (χ3v) is 9.87. The van der Waals surface area contributed by atoms with Crippen LogP contribution >= 0.6 is 0 Å². The Bertz CT molecular complexity index is 944. The molecule has 3 atom stereocenters. The average molecular weight is 518 g/mol. The topological polar surface area (TPSA) is 51.6 Å². The summed E-state index contributed by atoms with van der Waals surface area (Å²) in [6, 6.07) is 0.797. The second kappa shape index (κ2) is 10.4. The molecule has 6 rings (SSSR count). The molecule has 0 saturated carbocycles. The summed E-state index contributed by atoms with van der Waals surface area (Å²) in [4.78, 5) is 25.8. The smallest absolute Gasteiger partial charge is 0.280 e. The highest BCUT2D eigenvalue weighted by molar-refractivity contribution is 6.03. The van der Waals surface area contributed by atoms with Gasteiger partial charge in [-0.15, -0.1) is 0 Å². The van der Waals surface area contributed by atoms with Crippen molar-refractivity contribution in [2.45, 2.75) is 88.1 Å². The van der Waals surface area contributed by atoms with Gasteiger partial charge in [-0.3, -0.25) is 19.6 Å². The summed E-state index contributed by atoms with van der Waals surface area (Å²) in [5.74, 6) is 0.00453. The minimum atomic E-state index is -2.53. The van der Waals surface area contributed by atoms with Crippen LogP contribution in [0.5, 0.6) is 0 Å². The minimum Gasteiger partial charge on any atom is -0.375 e. The van der Waals surface area contributed by atoms with E-state index < -0.39 is 6.43 Å². The number of aliphatic imine (C=N–C) groups is 1. The maximum Gasteiger partial charge on any atom is 0.280 e. The van der Waals surface area contributed by atoms with Gasteiger partial charge in [-0.25, -0.2) is 8.78 Å². The number of hydrogen-bond donors (Lipinski definition) is 0. The van der Waals surface area contributed by atoms with Crippen LogP contribution < -0.4 is 0 Å². The fourth-order valence-electron chi connectivity index (χ4n) is 7.66. The number of ether oxygens (including phenoxy) is 1. The Morgan fingerprint density at radius 3 is 2.49 bits per heavy atom. The molecule has 3 unspecified atom stereocenters. The summed E-state index contributed by atoms with van der Waals surface area (Å²) in [6.45, 7) is 10.3. The van der Waals surface area contributed by atoms with Gasteiger partial charge in [0.2, 0.25) is 5.91 Å². The van der Waals surface area contributed by atoms with Crippen LogP contribution in [0.4, 0.5) is 8.78 Å². The molecular formula is C28H41F2N5O2. The van der Waals surface area contributed by atoms with E-state index in [4.69, 9.17) is 9.73 Å². The molecule has 0 aliphatic carbocycles. The minimum absolute atomic E-state index is 0.00151. The second-order valence-corrected chi connectivity index (χ2v) is 11.7. The summed E-state index contributed by atoms with van der Waals surface area (Å²) in [6.07, 6.45) is 7.49. The van der Waals surface area contributed by atoms with Crippen LogP contribution in [0.3, 0.4) is 0 Å². The maximum atomic E-state index is 14.3. The van der Waals surface area contributed by atoms with Crippen LogP contribution in [0.1, 0.15) is 57.8 Å². The standard InChI is InChI=1S/C28H41F2N5O2/c1-2-25(36)34-15-13-32(14-16-34)23-19-35-21(23)7-5-6-20-22(35)18-24(31-26(20)27(29)30)33-11-9-28(10-12-33)8-3-4-17-37-28/h2,21,23-24,27H,1,3-19H2. The highest BCUT2D eigenvalue weighted by Crippen LogP contribution is 2.43. The van der Waals surface area contributed by atoms with E-state index in [1.54, 1.807) is 0 Å². The normalized spacial score (nSPS) is 32.9. The fraction of sp³-hybridized carbons (Fsp3) is 0.786. The molecule has 0 aromatic carbocycles. The van der Waals surface area contributed by atoms with Crippen molar-refractivity contribution < 1.29 is 18.3 Å². The molecule has 0 aromatic heterocycles. The first-order valence-electron chi connectivity index (χ1n) is 14.4. The quantitative estimate of drug-likeness (QED) is 0.536. The molecule has 6 heterocycles. The predicted octanol–water partition coefficient (Wildman–Crippen LogP) is 3.28. The third kappa shape index (κ3) is 4.76. The number of amides is 1. The van der Waals surface area contributed by atoms with E-state index >= 15 is 0 Å². The van der Waals surface area contributed by atoms with Gasteiger partial charge in [-0.1, -0.05) is 6.58 Å². The molecule has 9 heteroatoms. The van der Waals surface area contributed by atoms with Crippen LogP contribution in [0, 0.1) is 0 Å². The number of alkyl halides is 2. The Balaban J connectivity index is 1.14. The van der Waals surface area contributed by atoms with Crippen molar-refractivity contribution in [3.05, 3.63) is 23.9 Å². The number of likely N-dealkylation sites (tertiary alicyclic amines) is 1. The van der Waals surface area contributed by atoms with Gasteiger partial charge in [0, 0.05) is 76.6 Å². The van der Waals surface area contributed by atoms with Crippen molar-refractivity contribution in [3.8, 4) is 0 Å². The number of rotatable bonds is 4. The largest absolute Gasteiger partial charge is 0.375 e. The Labute approximate surface area is 219 Å². The molecule has 37 heavy (non-hydrogen) atoms. The van der Waals surface area contributed by atoms with E-state index in [0.717, 1.165) is 109 Å². The van der Waals surface area contributed by atoms with Crippen LogP contribution in [-0.2, 0) is 9.53 Å². The molecule has 204 valence electrons. The Morgan fingerprint density at radius 2 is 1.81 bits per heavy atom. The molecule has 0 aromatic rings. The van der Waals surface area contributed by atoms with Gasteiger partial charge in [0.15, 0.2) is 0 Å². The first-order chi connectivity index (χ1) is 18.0. The number of nitrogens with zero attached hydrogens (tertiary/aromatic N) is 5. The molecule has 6 aliphatic rings. The number of carbonyl (C=O) groups is 1. The van der Waals surface area contributed by atoms with E-state index in [1.165, 1.54) is 12.5 Å². The Morgan fingerprint density at radius 1 is 1.03 bits per heavy atom. The molecule has 1 amide bonds. The zero-order chi connectivity index (χ0) is 25.6. The van der Waals surface area contributed by atoms with Crippen molar-refractivity contribution in [1.29, 1.82) is 0 Å². The molecule has 0 radical (unpaired) electrons. The summed E-state index contributed by atoms with van der Waals surface area (Å²) in [5, 5.41) is 0. The molecule has 4 saturated heterocycles. The molecule has 0 N–H and O–H groups in total. The van der Waals surface area contributed by atoms with Gasteiger partial charge in [0.05, 0.1) is 5.60 Å². The number of halogens is 2. The lowest BCUT2D eigenvalue weighted by atomic mass is 9.84. The summed E-state index contributed by atoms with van der Waals surface area (Å²) in [5.41, 5.74) is 1.99. The SMILES string of the molecule is C=CC(=O)N1CCN(C2CN3C4=C(CCCC23)C(C(F)F)=NC(N2CCC3(CCCCO3)CC2)C4)CC1. The number of carbonyl (C=O) groups excluding carboxylic acids is 1. The number of fused-ring (bicyclic) bond motifs is 2. The first kappa shape index (κ1) is 25.4. The Hall–Kier alpha value is -1.84. The number of piperazine rings is 1. The van der Waals surface area contributed by atoms with Gasteiger partial charge in [-0.05, 0) is 63.0 Å². The fourth-order valence-corrected chi connectivity index (χ4v) is 7.66.